The standard InChI is InChI=1S/C22H43N5O2.HI/c1-4-23-22(24-17-20(8-15-28)16-19(2)3)27-13-11-25(12-14-27)18-21(29)26-9-6-5-7-10-26;/h19-20,28H,4-18H2,1-3H3,(H,23,24);1H. The van der Waals surface area contributed by atoms with Crippen molar-refractivity contribution in [1.82, 2.24) is 20.0 Å². The number of rotatable bonds is 9. The maximum atomic E-state index is 12.5. The molecule has 176 valence electrons. The highest BCUT2D eigenvalue weighted by molar-refractivity contribution is 14.0. The van der Waals surface area contributed by atoms with Gasteiger partial charge in [0.05, 0.1) is 6.54 Å². The van der Waals surface area contributed by atoms with Crippen LogP contribution in [0.3, 0.4) is 0 Å². The number of carbonyl (C=O) groups excluding carboxylic acids is 1. The van der Waals surface area contributed by atoms with E-state index in [0.717, 1.165) is 84.0 Å². The smallest absolute Gasteiger partial charge is 0.236 e. The molecular formula is C22H44IN5O2. The molecule has 2 aliphatic heterocycles. The fourth-order valence-corrected chi connectivity index (χ4v) is 4.33. The first-order valence-corrected chi connectivity index (χ1v) is 11.7. The highest BCUT2D eigenvalue weighted by atomic mass is 127. The highest BCUT2D eigenvalue weighted by Crippen LogP contribution is 2.16. The lowest BCUT2D eigenvalue weighted by Crippen LogP contribution is -2.54. The lowest BCUT2D eigenvalue weighted by molar-refractivity contribution is -0.133. The van der Waals surface area contributed by atoms with E-state index in [2.05, 4.69) is 35.9 Å². The Morgan fingerprint density at radius 2 is 1.70 bits per heavy atom. The van der Waals surface area contributed by atoms with Gasteiger partial charge in [0.25, 0.3) is 0 Å². The summed E-state index contributed by atoms with van der Waals surface area (Å²) < 4.78 is 0. The highest BCUT2D eigenvalue weighted by Gasteiger charge is 2.24. The Balaban J connectivity index is 0.00000450. The second-order valence-corrected chi connectivity index (χ2v) is 8.91. The molecule has 7 nitrogen and oxygen atoms in total. The Bertz CT molecular complexity index is 504. The van der Waals surface area contributed by atoms with E-state index in [1.165, 1.54) is 6.42 Å². The van der Waals surface area contributed by atoms with Gasteiger partial charge in [0.2, 0.25) is 5.91 Å². The molecule has 0 aromatic rings. The van der Waals surface area contributed by atoms with E-state index in [0.29, 0.717) is 24.3 Å². The average Bonchev–Trinajstić information content (AvgIpc) is 2.72. The van der Waals surface area contributed by atoms with Crippen LogP contribution in [-0.4, -0.2) is 97.2 Å². The van der Waals surface area contributed by atoms with Crippen molar-refractivity contribution < 1.29 is 9.90 Å². The van der Waals surface area contributed by atoms with Crippen molar-refractivity contribution in [3.05, 3.63) is 0 Å². The van der Waals surface area contributed by atoms with Crippen LogP contribution in [0, 0.1) is 11.8 Å². The first kappa shape index (κ1) is 27.4. The summed E-state index contributed by atoms with van der Waals surface area (Å²) >= 11 is 0. The van der Waals surface area contributed by atoms with Crippen LogP contribution in [0.15, 0.2) is 4.99 Å². The maximum Gasteiger partial charge on any atom is 0.236 e. The molecule has 8 heteroatoms. The van der Waals surface area contributed by atoms with E-state index >= 15 is 0 Å². The maximum absolute atomic E-state index is 12.5. The van der Waals surface area contributed by atoms with Crippen LogP contribution in [0.4, 0.5) is 0 Å². The number of hydrogen-bond donors (Lipinski definition) is 2. The van der Waals surface area contributed by atoms with Crippen LogP contribution in [0.2, 0.25) is 0 Å². The van der Waals surface area contributed by atoms with E-state index in [-0.39, 0.29) is 30.6 Å². The lowest BCUT2D eigenvalue weighted by Gasteiger charge is -2.37. The molecular weight excluding hydrogens is 493 g/mol. The first-order chi connectivity index (χ1) is 14.0. The number of nitrogens with one attached hydrogen (secondary N) is 1. The van der Waals surface area contributed by atoms with E-state index in [1.807, 2.05) is 4.90 Å². The van der Waals surface area contributed by atoms with Gasteiger partial charge in [-0.25, -0.2) is 0 Å². The molecule has 0 saturated carbocycles. The van der Waals surface area contributed by atoms with E-state index in [1.54, 1.807) is 0 Å². The summed E-state index contributed by atoms with van der Waals surface area (Å²) in [5.41, 5.74) is 0. The number of aliphatic hydroxyl groups is 1. The second kappa shape index (κ2) is 15.2. The van der Waals surface area contributed by atoms with Gasteiger partial charge in [0.15, 0.2) is 5.96 Å². The molecule has 0 aliphatic carbocycles. The number of amides is 1. The Morgan fingerprint density at radius 1 is 1.03 bits per heavy atom. The van der Waals surface area contributed by atoms with Gasteiger partial charge < -0.3 is 20.2 Å². The SMILES string of the molecule is CCNC(=NCC(CCO)CC(C)C)N1CCN(CC(=O)N2CCCCC2)CC1.I. The number of guanidine groups is 1. The Hall–Kier alpha value is -0.610. The zero-order valence-electron chi connectivity index (χ0n) is 19.3. The summed E-state index contributed by atoms with van der Waals surface area (Å²) in [6.45, 7) is 14.4. The minimum Gasteiger partial charge on any atom is -0.396 e. The number of carbonyl (C=O) groups is 1. The lowest BCUT2D eigenvalue weighted by atomic mass is 9.94. The van der Waals surface area contributed by atoms with Crippen molar-refractivity contribution in [2.24, 2.45) is 16.8 Å². The quantitative estimate of drug-likeness (QED) is 0.268. The molecule has 1 amide bonds. The monoisotopic (exact) mass is 537 g/mol. The second-order valence-electron chi connectivity index (χ2n) is 8.91. The van der Waals surface area contributed by atoms with Crippen LogP contribution < -0.4 is 5.32 Å². The summed E-state index contributed by atoms with van der Waals surface area (Å²) in [5.74, 6) is 2.31. The third kappa shape index (κ3) is 9.68. The van der Waals surface area contributed by atoms with Crippen molar-refractivity contribution in [2.75, 3.05) is 65.5 Å². The summed E-state index contributed by atoms with van der Waals surface area (Å²) in [6.07, 6.45) is 5.46. The Morgan fingerprint density at radius 3 is 2.27 bits per heavy atom. The number of hydrogen-bond acceptors (Lipinski definition) is 4. The van der Waals surface area contributed by atoms with E-state index in [4.69, 9.17) is 4.99 Å². The molecule has 1 atom stereocenters. The molecule has 0 bridgehead atoms. The molecule has 1 unspecified atom stereocenters. The summed E-state index contributed by atoms with van der Waals surface area (Å²) in [5, 5.41) is 12.8. The van der Waals surface area contributed by atoms with Crippen molar-refractivity contribution in [3.8, 4) is 0 Å². The van der Waals surface area contributed by atoms with Crippen LogP contribution in [0.5, 0.6) is 0 Å². The summed E-state index contributed by atoms with van der Waals surface area (Å²) in [6, 6.07) is 0. The van der Waals surface area contributed by atoms with Crippen LogP contribution >= 0.6 is 24.0 Å². The fraction of sp³-hybridized carbons (Fsp3) is 0.909. The van der Waals surface area contributed by atoms with Gasteiger partial charge in [0, 0.05) is 59.0 Å². The van der Waals surface area contributed by atoms with Gasteiger partial charge in [-0.1, -0.05) is 13.8 Å². The summed E-state index contributed by atoms with van der Waals surface area (Å²) in [7, 11) is 0. The third-order valence-corrected chi connectivity index (χ3v) is 5.92. The minimum atomic E-state index is 0. The number of likely N-dealkylation sites (tertiary alicyclic amines) is 1. The van der Waals surface area contributed by atoms with Crippen molar-refractivity contribution in [2.45, 2.75) is 52.9 Å². The molecule has 2 N–H and O–H groups in total. The number of halogens is 1. The first-order valence-electron chi connectivity index (χ1n) is 11.7. The number of nitrogens with zero attached hydrogens (tertiary/aromatic N) is 4. The van der Waals surface area contributed by atoms with Crippen molar-refractivity contribution in [3.63, 3.8) is 0 Å². The molecule has 2 aliphatic rings. The molecule has 2 heterocycles. The molecule has 0 aromatic heterocycles. The molecule has 0 radical (unpaired) electrons. The molecule has 2 saturated heterocycles. The van der Waals surface area contributed by atoms with Gasteiger partial charge in [-0.05, 0) is 50.9 Å². The molecule has 2 rings (SSSR count). The molecule has 30 heavy (non-hydrogen) atoms. The molecule has 2 fully saturated rings. The van der Waals surface area contributed by atoms with E-state index in [9.17, 15) is 9.90 Å². The van der Waals surface area contributed by atoms with Crippen LogP contribution in [0.25, 0.3) is 0 Å². The van der Waals surface area contributed by atoms with Gasteiger partial charge in [0.1, 0.15) is 0 Å². The third-order valence-electron chi connectivity index (χ3n) is 5.92. The minimum absolute atomic E-state index is 0. The number of piperidine rings is 1. The zero-order chi connectivity index (χ0) is 21.1. The van der Waals surface area contributed by atoms with Gasteiger partial charge in [-0.2, -0.15) is 0 Å². The average molecular weight is 538 g/mol. The predicted octanol–water partition coefficient (Wildman–Crippen LogP) is 2.24. The van der Waals surface area contributed by atoms with Crippen molar-refractivity contribution in [1.29, 1.82) is 0 Å². The summed E-state index contributed by atoms with van der Waals surface area (Å²) in [4.78, 5) is 24.1. The molecule has 0 spiro atoms. The molecule has 0 aromatic carbocycles. The van der Waals surface area contributed by atoms with Gasteiger partial charge in [-0.15, -0.1) is 24.0 Å². The normalized spacial score (nSPS) is 19.6. The van der Waals surface area contributed by atoms with Crippen LogP contribution in [-0.2, 0) is 4.79 Å². The zero-order valence-corrected chi connectivity index (χ0v) is 21.6. The topological polar surface area (TPSA) is 71.4 Å². The van der Waals surface area contributed by atoms with Crippen LogP contribution in [0.1, 0.15) is 52.9 Å². The van der Waals surface area contributed by atoms with Gasteiger partial charge >= 0.3 is 0 Å². The predicted molar refractivity (Wildman–Crippen MR) is 134 cm³/mol. The van der Waals surface area contributed by atoms with Crippen molar-refractivity contribution >= 4 is 35.8 Å². The fourth-order valence-electron chi connectivity index (χ4n) is 4.33. The number of piperazine rings is 1. The Labute approximate surface area is 200 Å². The number of aliphatic hydroxyl groups excluding tert-OH is 1. The van der Waals surface area contributed by atoms with E-state index < -0.39 is 0 Å². The van der Waals surface area contributed by atoms with Gasteiger partial charge in [-0.3, -0.25) is 14.7 Å². The Kier molecular flexibility index (Phi) is 13.9. The largest absolute Gasteiger partial charge is 0.396 e. The number of aliphatic imine (C=N–C) groups is 1.